The standard InChI is InChI=1S/C26H26N4O2/c1-26(2,3)30(25(31)32)16-17-9-11-19(12-10-17)23-20(18-7-5-4-6-8-18)15-21-22(29-23)13-14-28-24(21)27/h4-15H,16H2,1-3H3,(H2,27,28)(H,31,32). The van der Waals surface area contributed by atoms with Crippen molar-refractivity contribution >= 4 is 22.8 Å². The SMILES string of the molecule is CC(C)(C)N(Cc1ccc(-c2nc3ccnc(N)c3cc2-c2ccccc2)cc1)C(=O)O. The molecule has 0 unspecified atom stereocenters. The average Bonchev–Trinajstić information content (AvgIpc) is 2.77. The number of aromatic nitrogens is 2. The zero-order chi connectivity index (χ0) is 22.9. The maximum Gasteiger partial charge on any atom is 0.408 e. The molecule has 162 valence electrons. The van der Waals surface area contributed by atoms with Crippen LogP contribution in [0.25, 0.3) is 33.3 Å². The zero-order valence-corrected chi connectivity index (χ0v) is 18.4. The van der Waals surface area contributed by atoms with Gasteiger partial charge in [0.05, 0.1) is 11.2 Å². The van der Waals surface area contributed by atoms with E-state index in [1.54, 1.807) is 6.20 Å². The van der Waals surface area contributed by atoms with Gasteiger partial charge in [-0.15, -0.1) is 0 Å². The van der Waals surface area contributed by atoms with Crippen LogP contribution in [-0.2, 0) is 6.54 Å². The number of nitrogen functional groups attached to an aromatic ring is 1. The predicted octanol–water partition coefficient (Wildman–Crippen LogP) is 5.82. The van der Waals surface area contributed by atoms with Gasteiger partial charge in [-0.1, -0.05) is 54.6 Å². The minimum atomic E-state index is -0.935. The summed E-state index contributed by atoms with van der Waals surface area (Å²) in [5.74, 6) is 0.449. The largest absolute Gasteiger partial charge is 0.465 e. The number of rotatable bonds is 4. The summed E-state index contributed by atoms with van der Waals surface area (Å²) in [5, 5.41) is 10.4. The third-order valence-corrected chi connectivity index (χ3v) is 5.47. The summed E-state index contributed by atoms with van der Waals surface area (Å²) in [6.07, 6.45) is 0.725. The Hall–Kier alpha value is -3.93. The van der Waals surface area contributed by atoms with Crippen molar-refractivity contribution in [2.24, 2.45) is 0 Å². The number of carboxylic acid groups (broad SMARTS) is 1. The molecule has 0 radical (unpaired) electrons. The van der Waals surface area contributed by atoms with Crippen LogP contribution in [0.1, 0.15) is 26.3 Å². The van der Waals surface area contributed by atoms with Gasteiger partial charge in [0.2, 0.25) is 0 Å². The van der Waals surface area contributed by atoms with E-state index in [1.165, 1.54) is 4.90 Å². The molecule has 6 nitrogen and oxygen atoms in total. The van der Waals surface area contributed by atoms with Crippen LogP contribution in [0.15, 0.2) is 72.9 Å². The van der Waals surface area contributed by atoms with Crippen LogP contribution in [0, 0.1) is 0 Å². The van der Waals surface area contributed by atoms with E-state index in [2.05, 4.69) is 4.98 Å². The first kappa shape index (κ1) is 21.3. The van der Waals surface area contributed by atoms with E-state index < -0.39 is 11.6 Å². The van der Waals surface area contributed by atoms with Gasteiger partial charge >= 0.3 is 6.09 Å². The second-order valence-electron chi connectivity index (χ2n) is 8.75. The molecule has 6 heteroatoms. The van der Waals surface area contributed by atoms with Crippen LogP contribution in [0.5, 0.6) is 0 Å². The Morgan fingerprint density at radius 1 is 1.00 bits per heavy atom. The molecule has 0 fully saturated rings. The lowest BCUT2D eigenvalue weighted by molar-refractivity contribution is 0.0955. The fourth-order valence-corrected chi connectivity index (χ4v) is 3.72. The summed E-state index contributed by atoms with van der Waals surface area (Å²) < 4.78 is 0. The highest BCUT2D eigenvalue weighted by Gasteiger charge is 2.26. The lowest BCUT2D eigenvalue weighted by atomic mass is 9.97. The van der Waals surface area contributed by atoms with Crippen molar-refractivity contribution in [3.63, 3.8) is 0 Å². The number of hydrogen-bond donors (Lipinski definition) is 2. The third-order valence-electron chi connectivity index (χ3n) is 5.47. The highest BCUT2D eigenvalue weighted by Crippen LogP contribution is 2.34. The van der Waals surface area contributed by atoms with Gasteiger partial charge in [-0.2, -0.15) is 0 Å². The molecule has 0 saturated heterocycles. The summed E-state index contributed by atoms with van der Waals surface area (Å²) in [7, 11) is 0. The molecule has 0 spiro atoms. The molecule has 0 aliphatic carbocycles. The highest BCUT2D eigenvalue weighted by atomic mass is 16.4. The Labute approximate surface area is 187 Å². The van der Waals surface area contributed by atoms with Gasteiger partial charge in [0, 0.05) is 34.8 Å². The molecular formula is C26H26N4O2. The molecule has 0 aliphatic heterocycles. The number of benzene rings is 2. The van der Waals surface area contributed by atoms with Crippen molar-refractivity contribution in [1.82, 2.24) is 14.9 Å². The fourth-order valence-electron chi connectivity index (χ4n) is 3.72. The number of carbonyl (C=O) groups is 1. The van der Waals surface area contributed by atoms with Crippen molar-refractivity contribution in [2.45, 2.75) is 32.9 Å². The molecule has 2 aromatic heterocycles. The van der Waals surface area contributed by atoms with E-state index in [4.69, 9.17) is 10.7 Å². The second kappa shape index (κ2) is 8.30. The van der Waals surface area contributed by atoms with Gasteiger partial charge in [0.1, 0.15) is 5.82 Å². The minimum Gasteiger partial charge on any atom is -0.465 e. The number of nitrogens with two attached hydrogens (primary N) is 1. The molecule has 3 N–H and O–H groups in total. The van der Waals surface area contributed by atoms with Crippen LogP contribution in [0.3, 0.4) is 0 Å². The first-order valence-corrected chi connectivity index (χ1v) is 10.4. The van der Waals surface area contributed by atoms with E-state index >= 15 is 0 Å². The van der Waals surface area contributed by atoms with Crippen LogP contribution < -0.4 is 5.73 Å². The summed E-state index contributed by atoms with van der Waals surface area (Å²) in [6, 6.07) is 21.8. The molecule has 0 bridgehead atoms. The molecule has 0 aliphatic rings. The topological polar surface area (TPSA) is 92.3 Å². The molecular weight excluding hydrogens is 400 g/mol. The predicted molar refractivity (Wildman–Crippen MR) is 128 cm³/mol. The van der Waals surface area contributed by atoms with Gasteiger partial charge < -0.3 is 10.8 Å². The lowest BCUT2D eigenvalue weighted by Gasteiger charge is -2.33. The fraction of sp³-hybridized carbons (Fsp3) is 0.192. The first-order valence-electron chi connectivity index (χ1n) is 10.4. The Kier molecular flexibility index (Phi) is 5.53. The number of pyridine rings is 2. The molecule has 4 rings (SSSR count). The monoisotopic (exact) mass is 426 g/mol. The Bertz CT molecular complexity index is 1260. The number of fused-ring (bicyclic) bond motifs is 1. The molecule has 32 heavy (non-hydrogen) atoms. The summed E-state index contributed by atoms with van der Waals surface area (Å²) >= 11 is 0. The molecule has 2 heterocycles. The molecule has 1 amide bonds. The molecule has 0 saturated carbocycles. The van der Waals surface area contributed by atoms with Gasteiger partial charge in [-0.3, -0.25) is 4.90 Å². The lowest BCUT2D eigenvalue weighted by Crippen LogP contribution is -2.44. The van der Waals surface area contributed by atoms with E-state index in [1.807, 2.05) is 87.5 Å². The Morgan fingerprint density at radius 3 is 2.31 bits per heavy atom. The van der Waals surface area contributed by atoms with Gasteiger partial charge in [0.25, 0.3) is 0 Å². The Balaban J connectivity index is 1.78. The summed E-state index contributed by atoms with van der Waals surface area (Å²) in [6.45, 7) is 5.99. The quantitative estimate of drug-likeness (QED) is 0.429. The number of amides is 1. The normalized spacial score (nSPS) is 11.5. The summed E-state index contributed by atoms with van der Waals surface area (Å²) in [4.78, 5) is 22.2. The van der Waals surface area contributed by atoms with Crippen molar-refractivity contribution in [1.29, 1.82) is 0 Å². The third kappa shape index (κ3) is 4.25. The smallest absolute Gasteiger partial charge is 0.408 e. The maximum atomic E-state index is 11.7. The number of anilines is 1. The van der Waals surface area contributed by atoms with E-state index in [0.29, 0.717) is 12.4 Å². The first-order chi connectivity index (χ1) is 15.2. The number of hydrogen-bond acceptors (Lipinski definition) is 4. The second-order valence-corrected chi connectivity index (χ2v) is 8.75. The van der Waals surface area contributed by atoms with Gasteiger partial charge in [-0.05, 0) is 44.0 Å². The molecule has 0 atom stereocenters. The van der Waals surface area contributed by atoms with Crippen molar-refractivity contribution in [2.75, 3.05) is 5.73 Å². The van der Waals surface area contributed by atoms with Gasteiger partial charge in [0.15, 0.2) is 0 Å². The van der Waals surface area contributed by atoms with Crippen LogP contribution in [0.2, 0.25) is 0 Å². The maximum absolute atomic E-state index is 11.7. The van der Waals surface area contributed by atoms with Crippen LogP contribution >= 0.6 is 0 Å². The van der Waals surface area contributed by atoms with Crippen molar-refractivity contribution in [3.8, 4) is 22.4 Å². The highest BCUT2D eigenvalue weighted by molar-refractivity contribution is 5.96. The van der Waals surface area contributed by atoms with Crippen molar-refractivity contribution < 1.29 is 9.90 Å². The zero-order valence-electron chi connectivity index (χ0n) is 18.4. The number of nitrogens with zero attached hydrogens (tertiary/aromatic N) is 3. The van der Waals surface area contributed by atoms with E-state index in [-0.39, 0.29) is 0 Å². The molecule has 2 aromatic carbocycles. The van der Waals surface area contributed by atoms with Crippen molar-refractivity contribution in [3.05, 3.63) is 78.5 Å². The van der Waals surface area contributed by atoms with Crippen LogP contribution in [0.4, 0.5) is 10.6 Å². The van der Waals surface area contributed by atoms with E-state index in [0.717, 1.165) is 38.9 Å². The molecule has 4 aromatic rings. The van der Waals surface area contributed by atoms with Gasteiger partial charge in [-0.25, -0.2) is 14.8 Å². The minimum absolute atomic E-state index is 0.317. The Morgan fingerprint density at radius 2 is 1.69 bits per heavy atom. The van der Waals surface area contributed by atoms with E-state index in [9.17, 15) is 9.90 Å². The summed E-state index contributed by atoms with van der Waals surface area (Å²) in [5.41, 5.74) is 11.1. The van der Waals surface area contributed by atoms with Crippen LogP contribution in [-0.4, -0.2) is 31.6 Å². The average molecular weight is 427 g/mol.